The summed E-state index contributed by atoms with van der Waals surface area (Å²) in [6.45, 7) is 0. The van der Waals surface area contributed by atoms with Crippen molar-refractivity contribution in [3.05, 3.63) is 46.2 Å². The number of ether oxygens (including phenoxy) is 2. The monoisotopic (exact) mass is 250 g/mol. The summed E-state index contributed by atoms with van der Waals surface area (Å²) in [4.78, 5) is 0. The van der Waals surface area contributed by atoms with Crippen LogP contribution in [0.15, 0.2) is 35.0 Å². The first-order valence-corrected chi connectivity index (χ1v) is 6.12. The van der Waals surface area contributed by atoms with Crippen molar-refractivity contribution in [3.63, 3.8) is 0 Å². The Morgan fingerprint density at radius 3 is 2.18 bits per heavy atom. The standard InChI is InChI=1S/C13H14O3S/c1-15-11-5-10(6-12(7-11)16-2)13(14)9-3-4-17-8-9/h3-8,13-14H,1-2H3. The minimum absolute atomic E-state index is 0.648. The molecule has 0 radical (unpaired) electrons. The van der Waals surface area contributed by atoms with E-state index >= 15 is 0 Å². The first-order chi connectivity index (χ1) is 8.24. The molecule has 0 saturated carbocycles. The number of aliphatic hydroxyl groups excluding tert-OH is 1. The first kappa shape index (κ1) is 12.0. The van der Waals surface area contributed by atoms with Crippen molar-refractivity contribution < 1.29 is 14.6 Å². The van der Waals surface area contributed by atoms with E-state index in [0.717, 1.165) is 11.1 Å². The number of rotatable bonds is 4. The van der Waals surface area contributed by atoms with Gasteiger partial charge in [0.15, 0.2) is 0 Å². The molecule has 0 bridgehead atoms. The third-order valence-corrected chi connectivity index (χ3v) is 3.25. The van der Waals surface area contributed by atoms with E-state index in [1.165, 1.54) is 0 Å². The third-order valence-electron chi connectivity index (χ3n) is 2.55. The largest absolute Gasteiger partial charge is 0.497 e. The van der Waals surface area contributed by atoms with Crippen molar-refractivity contribution in [2.75, 3.05) is 14.2 Å². The lowest BCUT2D eigenvalue weighted by Gasteiger charge is -2.12. The van der Waals surface area contributed by atoms with Crippen molar-refractivity contribution in [1.29, 1.82) is 0 Å². The second kappa shape index (κ2) is 5.21. The molecule has 1 unspecified atom stereocenters. The summed E-state index contributed by atoms with van der Waals surface area (Å²) in [7, 11) is 3.19. The molecule has 17 heavy (non-hydrogen) atoms. The predicted octanol–water partition coefficient (Wildman–Crippen LogP) is 2.85. The second-order valence-electron chi connectivity index (χ2n) is 3.61. The SMILES string of the molecule is COc1cc(OC)cc(C(O)c2ccsc2)c1. The van der Waals surface area contributed by atoms with Gasteiger partial charge in [-0.2, -0.15) is 11.3 Å². The van der Waals surface area contributed by atoms with Crippen molar-refractivity contribution >= 4 is 11.3 Å². The molecule has 90 valence electrons. The van der Waals surface area contributed by atoms with Crippen molar-refractivity contribution in [1.82, 2.24) is 0 Å². The molecule has 2 aromatic rings. The Kier molecular flexibility index (Phi) is 3.66. The summed E-state index contributed by atoms with van der Waals surface area (Å²) in [5, 5.41) is 14.1. The maximum atomic E-state index is 10.2. The average molecular weight is 250 g/mol. The lowest BCUT2D eigenvalue weighted by Crippen LogP contribution is -1.99. The second-order valence-corrected chi connectivity index (χ2v) is 4.39. The summed E-state index contributed by atoms with van der Waals surface area (Å²) < 4.78 is 10.4. The molecule has 0 saturated heterocycles. The van der Waals surface area contributed by atoms with Crippen LogP contribution in [-0.2, 0) is 0 Å². The molecule has 3 nitrogen and oxygen atoms in total. The van der Waals surface area contributed by atoms with Crippen LogP contribution in [0.3, 0.4) is 0 Å². The fourth-order valence-corrected chi connectivity index (χ4v) is 2.29. The summed E-state index contributed by atoms with van der Waals surface area (Å²) in [6.07, 6.45) is -0.648. The fourth-order valence-electron chi connectivity index (χ4n) is 1.61. The lowest BCUT2D eigenvalue weighted by molar-refractivity contribution is 0.219. The van der Waals surface area contributed by atoms with E-state index in [1.54, 1.807) is 31.6 Å². The molecule has 0 fully saturated rings. The van der Waals surface area contributed by atoms with E-state index in [1.807, 2.05) is 29.0 Å². The van der Waals surface area contributed by atoms with Gasteiger partial charge in [0, 0.05) is 6.07 Å². The molecule has 0 aliphatic carbocycles. The summed E-state index contributed by atoms with van der Waals surface area (Å²) in [5.74, 6) is 1.35. The van der Waals surface area contributed by atoms with E-state index < -0.39 is 6.10 Å². The van der Waals surface area contributed by atoms with E-state index in [0.29, 0.717) is 11.5 Å². The van der Waals surface area contributed by atoms with Crippen LogP contribution in [0.4, 0.5) is 0 Å². The zero-order valence-electron chi connectivity index (χ0n) is 9.71. The van der Waals surface area contributed by atoms with Crippen LogP contribution < -0.4 is 9.47 Å². The number of aliphatic hydroxyl groups is 1. The van der Waals surface area contributed by atoms with Crippen LogP contribution in [0.2, 0.25) is 0 Å². The minimum atomic E-state index is -0.648. The lowest BCUT2D eigenvalue weighted by atomic mass is 10.0. The molecule has 4 heteroatoms. The smallest absolute Gasteiger partial charge is 0.122 e. The molecule has 1 aromatic heterocycles. The van der Waals surface area contributed by atoms with Gasteiger partial charge in [0.1, 0.15) is 17.6 Å². The third kappa shape index (κ3) is 2.60. The number of hydrogen-bond acceptors (Lipinski definition) is 4. The van der Waals surface area contributed by atoms with Gasteiger partial charge in [-0.1, -0.05) is 0 Å². The molecule has 0 spiro atoms. The topological polar surface area (TPSA) is 38.7 Å². The summed E-state index contributed by atoms with van der Waals surface area (Å²) in [5.41, 5.74) is 1.64. The van der Waals surface area contributed by atoms with Gasteiger partial charge in [-0.05, 0) is 40.1 Å². The minimum Gasteiger partial charge on any atom is -0.497 e. The maximum Gasteiger partial charge on any atom is 0.122 e. The Morgan fingerprint density at radius 2 is 1.71 bits per heavy atom. The van der Waals surface area contributed by atoms with E-state index in [2.05, 4.69) is 0 Å². The average Bonchev–Trinajstić information content (AvgIpc) is 2.91. The highest BCUT2D eigenvalue weighted by atomic mass is 32.1. The van der Waals surface area contributed by atoms with Crippen LogP contribution in [0.1, 0.15) is 17.2 Å². The van der Waals surface area contributed by atoms with Gasteiger partial charge in [0.05, 0.1) is 14.2 Å². The van der Waals surface area contributed by atoms with Crippen molar-refractivity contribution in [2.24, 2.45) is 0 Å². The molecular weight excluding hydrogens is 236 g/mol. The molecule has 1 heterocycles. The van der Waals surface area contributed by atoms with Crippen LogP contribution in [0.5, 0.6) is 11.5 Å². The van der Waals surface area contributed by atoms with Crippen LogP contribution >= 0.6 is 11.3 Å². The van der Waals surface area contributed by atoms with Crippen LogP contribution in [-0.4, -0.2) is 19.3 Å². The highest BCUT2D eigenvalue weighted by Gasteiger charge is 2.13. The van der Waals surface area contributed by atoms with Gasteiger partial charge in [0.2, 0.25) is 0 Å². The Balaban J connectivity index is 2.37. The van der Waals surface area contributed by atoms with E-state index in [4.69, 9.17) is 9.47 Å². The van der Waals surface area contributed by atoms with Crippen molar-refractivity contribution in [2.45, 2.75) is 6.10 Å². The molecule has 1 N–H and O–H groups in total. The van der Waals surface area contributed by atoms with Gasteiger partial charge in [-0.15, -0.1) is 0 Å². The Morgan fingerprint density at radius 1 is 1.06 bits per heavy atom. The summed E-state index contributed by atoms with van der Waals surface area (Å²) >= 11 is 1.56. The zero-order chi connectivity index (χ0) is 12.3. The van der Waals surface area contributed by atoms with Gasteiger partial charge in [0.25, 0.3) is 0 Å². The first-order valence-electron chi connectivity index (χ1n) is 5.17. The Bertz CT molecular complexity index is 457. The Labute approximate surface area is 104 Å². The van der Waals surface area contributed by atoms with Gasteiger partial charge in [-0.3, -0.25) is 0 Å². The fraction of sp³-hybridized carbons (Fsp3) is 0.231. The highest BCUT2D eigenvalue weighted by molar-refractivity contribution is 7.07. The molecule has 0 aliphatic heterocycles. The maximum absolute atomic E-state index is 10.2. The van der Waals surface area contributed by atoms with Crippen LogP contribution in [0, 0.1) is 0 Å². The highest BCUT2D eigenvalue weighted by Crippen LogP contribution is 2.30. The van der Waals surface area contributed by atoms with Gasteiger partial charge < -0.3 is 14.6 Å². The van der Waals surface area contributed by atoms with E-state index in [-0.39, 0.29) is 0 Å². The molecule has 0 aliphatic rings. The Hall–Kier alpha value is -1.52. The molecular formula is C13H14O3S. The van der Waals surface area contributed by atoms with Crippen LogP contribution in [0.25, 0.3) is 0 Å². The number of thiophene rings is 1. The van der Waals surface area contributed by atoms with Gasteiger partial charge in [-0.25, -0.2) is 0 Å². The predicted molar refractivity (Wildman–Crippen MR) is 67.9 cm³/mol. The number of benzene rings is 1. The van der Waals surface area contributed by atoms with Gasteiger partial charge >= 0.3 is 0 Å². The molecule has 1 aromatic carbocycles. The molecule has 1 atom stereocenters. The molecule has 0 amide bonds. The van der Waals surface area contributed by atoms with Crippen molar-refractivity contribution in [3.8, 4) is 11.5 Å². The summed E-state index contributed by atoms with van der Waals surface area (Å²) in [6, 6.07) is 7.31. The zero-order valence-corrected chi connectivity index (χ0v) is 10.5. The number of hydrogen-bond donors (Lipinski definition) is 1. The quantitative estimate of drug-likeness (QED) is 0.906. The molecule has 2 rings (SSSR count). The van der Waals surface area contributed by atoms with E-state index in [9.17, 15) is 5.11 Å². The number of methoxy groups -OCH3 is 2. The normalized spacial score (nSPS) is 12.2.